The van der Waals surface area contributed by atoms with Gasteiger partial charge in [-0.25, -0.2) is 4.68 Å². The molecule has 2 amide bonds. The minimum atomic E-state index is -0.247. The lowest BCUT2D eigenvalue weighted by Crippen LogP contribution is -2.39. The largest absolute Gasteiger partial charge is 0.348 e. The predicted octanol–water partition coefficient (Wildman–Crippen LogP) is 0.654. The maximum Gasteiger partial charge on any atom is 0.273 e. The van der Waals surface area contributed by atoms with Gasteiger partial charge in [0, 0.05) is 20.1 Å². The molecule has 0 fully saturated rings. The van der Waals surface area contributed by atoms with Gasteiger partial charge in [-0.15, -0.1) is 5.10 Å². The van der Waals surface area contributed by atoms with Gasteiger partial charge in [-0.2, -0.15) is 0 Å². The standard InChI is InChI=1S/C17H21N5O2/c1-21(2)16(23)11-22-10-15(19-20-22)17(24)18-14-8-7-12-5-3-4-6-13(12)9-14/h3-6,10,14H,7-9,11H2,1-2H3,(H,18,24). The molecule has 24 heavy (non-hydrogen) atoms. The SMILES string of the molecule is CN(C)C(=O)Cn1cc(C(=O)NC2CCc3ccccc3C2)nn1. The van der Waals surface area contributed by atoms with Gasteiger partial charge in [0.2, 0.25) is 5.91 Å². The van der Waals surface area contributed by atoms with Crippen LogP contribution in [0.4, 0.5) is 0 Å². The van der Waals surface area contributed by atoms with Crippen molar-refractivity contribution in [2.75, 3.05) is 14.1 Å². The molecule has 1 aliphatic carbocycles. The Hall–Kier alpha value is -2.70. The molecule has 0 bridgehead atoms. The van der Waals surface area contributed by atoms with E-state index in [0.717, 1.165) is 19.3 Å². The second kappa shape index (κ2) is 6.82. The van der Waals surface area contributed by atoms with Crippen molar-refractivity contribution in [3.8, 4) is 0 Å². The number of nitrogens with zero attached hydrogens (tertiary/aromatic N) is 4. The average molecular weight is 327 g/mol. The summed E-state index contributed by atoms with van der Waals surface area (Å²) >= 11 is 0. The van der Waals surface area contributed by atoms with Gasteiger partial charge in [-0.3, -0.25) is 9.59 Å². The van der Waals surface area contributed by atoms with Crippen molar-refractivity contribution in [3.05, 3.63) is 47.3 Å². The van der Waals surface area contributed by atoms with Crippen LogP contribution in [-0.2, 0) is 24.2 Å². The first-order chi connectivity index (χ1) is 11.5. The minimum Gasteiger partial charge on any atom is -0.348 e. The maximum atomic E-state index is 12.3. The Morgan fingerprint density at radius 2 is 2.04 bits per heavy atom. The minimum absolute atomic E-state index is 0.0735. The molecule has 126 valence electrons. The first-order valence-corrected chi connectivity index (χ1v) is 8.01. The number of carbonyl (C=O) groups is 2. The molecule has 1 aromatic carbocycles. The number of fused-ring (bicyclic) bond motifs is 1. The van der Waals surface area contributed by atoms with Gasteiger partial charge in [-0.1, -0.05) is 29.5 Å². The molecule has 1 heterocycles. The molecule has 0 saturated carbocycles. The second-order valence-corrected chi connectivity index (χ2v) is 6.27. The molecule has 0 saturated heterocycles. The van der Waals surface area contributed by atoms with Crippen LogP contribution in [0.2, 0.25) is 0 Å². The topological polar surface area (TPSA) is 80.1 Å². The van der Waals surface area contributed by atoms with Crippen LogP contribution >= 0.6 is 0 Å². The van der Waals surface area contributed by atoms with Crippen LogP contribution < -0.4 is 5.32 Å². The third kappa shape index (κ3) is 3.61. The van der Waals surface area contributed by atoms with E-state index < -0.39 is 0 Å². The van der Waals surface area contributed by atoms with E-state index in [1.165, 1.54) is 26.9 Å². The van der Waals surface area contributed by atoms with Gasteiger partial charge < -0.3 is 10.2 Å². The number of rotatable bonds is 4. The molecule has 7 nitrogen and oxygen atoms in total. The number of hydrogen-bond donors (Lipinski definition) is 1. The summed E-state index contributed by atoms with van der Waals surface area (Å²) in [6.45, 7) is 0.0735. The molecule has 1 aliphatic rings. The summed E-state index contributed by atoms with van der Waals surface area (Å²) < 4.78 is 1.38. The lowest BCUT2D eigenvalue weighted by Gasteiger charge is -2.25. The van der Waals surface area contributed by atoms with Crippen LogP contribution in [0.5, 0.6) is 0 Å². The van der Waals surface area contributed by atoms with E-state index in [4.69, 9.17) is 0 Å². The van der Waals surface area contributed by atoms with E-state index in [9.17, 15) is 9.59 Å². The quantitative estimate of drug-likeness (QED) is 0.894. The highest BCUT2D eigenvalue weighted by Crippen LogP contribution is 2.21. The predicted molar refractivity (Wildman–Crippen MR) is 88.4 cm³/mol. The number of benzene rings is 1. The van der Waals surface area contributed by atoms with E-state index >= 15 is 0 Å². The lowest BCUT2D eigenvalue weighted by atomic mass is 9.88. The Balaban J connectivity index is 1.60. The van der Waals surface area contributed by atoms with Crippen molar-refractivity contribution in [2.24, 2.45) is 0 Å². The normalized spacial score (nSPS) is 16.3. The van der Waals surface area contributed by atoms with Crippen LogP contribution in [0, 0.1) is 0 Å². The zero-order chi connectivity index (χ0) is 17.1. The number of hydrogen-bond acceptors (Lipinski definition) is 4. The van der Waals surface area contributed by atoms with Gasteiger partial charge in [0.1, 0.15) is 6.54 Å². The van der Waals surface area contributed by atoms with Crippen molar-refractivity contribution in [3.63, 3.8) is 0 Å². The van der Waals surface area contributed by atoms with Gasteiger partial charge in [0.05, 0.1) is 6.20 Å². The Kier molecular flexibility index (Phi) is 4.59. The monoisotopic (exact) mass is 327 g/mol. The van der Waals surface area contributed by atoms with Gasteiger partial charge in [-0.05, 0) is 30.4 Å². The highest BCUT2D eigenvalue weighted by molar-refractivity contribution is 5.92. The number of likely N-dealkylation sites (N-methyl/N-ethyl adjacent to an activating group) is 1. The third-order valence-electron chi connectivity index (χ3n) is 4.25. The van der Waals surface area contributed by atoms with Crippen molar-refractivity contribution in [1.82, 2.24) is 25.2 Å². The van der Waals surface area contributed by atoms with Gasteiger partial charge in [0.15, 0.2) is 5.69 Å². The van der Waals surface area contributed by atoms with Crippen LogP contribution in [0.3, 0.4) is 0 Å². The molecule has 1 unspecified atom stereocenters. The molecule has 1 aromatic heterocycles. The van der Waals surface area contributed by atoms with E-state index in [1.54, 1.807) is 14.1 Å². The van der Waals surface area contributed by atoms with Gasteiger partial charge >= 0.3 is 0 Å². The molecule has 7 heteroatoms. The Morgan fingerprint density at radius 1 is 1.29 bits per heavy atom. The fraction of sp³-hybridized carbons (Fsp3) is 0.412. The summed E-state index contributed by atoms with van der Waals surface area (Å²) in [6, 6.07) is 8.42. The van der Waals surface area contributed by atoms with Crippen LogP contribution in [0.15, 0.2) is 30.5 Å². The second-order valence-electron chi connectivity index (χ2n) is 6.27. The fourth-order valence-corrected chi connectivity index (χ4v) is 2.84. The molecular weight excluding hydrogens is 306 g/mol. The van der Waals surface area contributed by atoms with E-state index in [0.29, 0.717) is 0 Å². The van der Waals surface area contributed by atoms with Crippen LogP contribution in [0.1, 0.15) is 28.0 Å². The van der Waals surface area contributed by atoms with Crippen molar-refractivity contribution >= 4 is 11.8 Å². The lowest BCUT2D eigenvalue weighted by molar-refractivity contribution is -0.129. The van der Waals surface area contributed by atoms with E-state index in [-0.39, 0.29) is 30.1 Å². The summed E-state index contributed by atoms with van der Waals surface area (Å²) in [4.78, 5) is 25.5. The maximum absolute atomic E-state index is 12.3. The first kappa shape index (κ1) is 16.2. The van der Waals surface area contributed by atoms with Crippen LogP contribution in [0.25, 0.3) is 0 Å². The first-order valence-electron chi connectivity index (χ1n) is 8.01. The number of nitrogens with one attached hydrogen (secondary N) is 1. The molecule has 0 aliphatic heterocycles. The Morgan fingerprint density at radius 3 is 2.79 bits per heavy atom. The van der Waals surface area contributed by atoms with E-state index in [1.807, 2.05) is 12.1 Å². The zero-order valence-electron chi connectivity index (χ0n) is 13.9. The molecule has 2 aromatic rings. The smallest absolute Gasteiger partial charge is 0.273 e. The van der Waals surface area contributed by atoms with Gasteiger partial charge in [0.25, 0.3) is 5.91 Å². The average Bonchev–Trinajstić information content (AvgIpc) is 3.03. The molecule has 0 spiro atoms. The number of aryl methyl sites for hydroxylation is 1. The Bertz CT molecular complexity index is 753. The summed E-state index contributed by atoms with van der Waals surface area (Å²) in [6.07, 6.45) is 4.21. The van der Waals surface area contributed by atoms with Crippen LogP contribution in [-0.4, -0.2) is 51.8 Å². The molecule has 3 rings (SSSR count). The summed E-state index contributed by atoms with van der Waals surface area (Å²) in [5, 5.41) is 10.7. The third-order valence-corrected chi connectivity index (χ3v) is 4.25. The summed E-state index contributed by atoms with van der Waals surface area (Å²) in [5.41, 5.74) is 2.88. The molecule has 1 N–H and O–H groups in total. The molecule has 0 radical (unpaired) electrons. The fourth-order valence-electron chi connectivity index (χ4n) is 2.84. The number of aromatic nitrogens is 3. The Labute approximate surface area is 140 Å². The number of amides is 2. The summed E-state index contributed by atoms with van der Waals surface area (Å²) in [7, 11) is 3.35. The highest BCUT2D eigenvalue weighted by atomic mass is 16.2. The summed E-state index contributed by atoms with van der Waals surface area (Å²) in [5.74, 6) is -0.348. The number of carbonyl (C=O) groups excluding carboxylic acids is 2. The molecular formula is C17H21N5O2. The van der Waals surface area contributed by atoms with Crippen molar-refractivity contribution in [2.45, 2.75) is 31.8 Å². The van der Waals surface area contributed by atoms with Crippen molar-refractivity contribution < 1.29 is 9.59 Å². The zero-order valence-corrected chi connectivity index (χ0v) is 13.9. The van der Waals surface area contributed by atoms with E-state index in [2.05, 4.69) is 27.8 Å². The van der Waals surface area contributed by atoms with Crippen molar-refractivity contribution in [1.29, 1.82) is 0 Å². The molecule has 1 atom stereocenters. The highest BCUT2D eigenvalue weighted by Gasteiger charge is 2.22.